The third-order valence-electron chi connectivity index (χ3n) is 5.45. The number of carbonyl (C=O) groups is 1. The van der Waals surface area contributed by atoms with E-state index in [-0.39, 0.29) is 5.91 Å². The second-order valence-electron chi connectivity index (χ2n) is 6.69. The molecule has 2 saturated carbocycles. The lowest BCUT2D eigenvalue weighted by Crippen LogP contribution is -2.43. The molecule has 0 aromatic rings. The largest absolute Gasteiger partial charge is 0.352 e. The van der Waals surface area contributed by atoms with Gasteiger partial charge in [-0.05, 0) is 50.4 Å². The van der Waals surface area contributed by atoms with Gasteiger partial charge in [0.2, 0.25) is 5.91 Å². The molecule has 1 spiro atoms. The van der Waals surface area contributed by atoms with Gasteiger partial charge in [-0.2, -0.15) is 0 Å². The normalized spacial score (nSPS) is 32.0. The number of carbonyl (C=O) groups excluding carboxylic acids is 1. The van der Waals surface area contributed by atoms with Crippen LogP contribution in [0.25, 0.3) is 0 Å². The van der Waals surface area contributed by atoms with E-state index in [9.17, 15) is 4.79 Å². The maximum Gasteiger partial charge on any atom is 0.220 e. The van der Waals surface area contributed by atoms with Crippen molar-refractivity contribution < 1.29 is 4.79 Å². The Bertz CT molecular complexity index is 300. The van der Waals surface area contributed by atoms with Crippen LogP contribution in [0.4, 0.5) is 0 Å². The number of hydrogen-bond acceptors (Lipinski definition) is 2. The van der Waals surface area contributed by atoms with Gasteiger partial charge in [0.25, 0.3) is 0 Å². The lowest BCUT2D eigenvalue weighted by molar-refractivity contribution is -0.119. The summed E-state index contributed by atoms with van der Waals surface area (Å²) in [6, 6.07) is 1.09. The maximum absolute atomic E-state index is 11.1. The first-order valence-electron chi connectivity index (χ1n) is 7.79. The van der Waals surface area contributed by atoms with E-state index >= 15 is 0 Å². The fourth-order valence-electron chi connectivity index (χ4n) is 4.20. The van der Waals surface area contributed by atoms with E-state index in [4.69, 9.17) is 0 Å². The Balaban J connectivity index is 1.39. The molecule has 0 radical (unpaired) electrons. The van der Waals surface area contributed by atoms with Gasteiger partial charge in [0.15, 0.2) is 0 Å². The quantitative estimate of drug-likeness (QED) is 0.807. The first kappa shape index (κ1) is 12.5. The van der Waals surface area contributed by atoms with Crippen molar-refractivity contribution in [3.63, 3.8) is 0 Å². The van der Waals surface area contributed by atoms with E-state index < -0.39 is 0 Å². The third kappa shape index (κ3) is 2.71. The van der Waals surface area contributed by atoms with Gasteiger partial charge in [-0.3, -0.25) is 4.79 Å². The topological polar surface area (TPSA) is 41.1 Å². The van der Waals surface area contributed by atoms with Crippen molar-refractivity contribution in [3.05, 3.63) is 0 Å². The minimum atomic E-state index is 0.232. The van der Waals surface area contributed by atoms with Crippen LogP contribution in [0, 0.1) is 5.41 Å². The van der Waals surface area contributed by atoms with Crippen LogP contribution in [0.2, 0.25) is 0 Å². The summed E-state index contributed by atoms with van der Waals surface area (Å²) >= 11 is 0. The Morgan fingerprint density at radius 1 is 1.11 bits per heavy atom. The molecule has 102 valence electrons. The average Bonchev–Trinajstić information content (AvgIpc) is 2.99. The number of amides is 1. The first-order valence-corrected chi connectivity index (χ1v) is 7.79. The average molecular weight is 250 g/mol. The predicted molar refractivity (Wildman–Crippen MR) is 72.3 cm³/mol. The molecule has 0 bridgehead atoms. The van der Waals surface area contributed by atoms with Crippen molar-refractivity contribution in [1.29, 1.82) is 0 Å². The smallest absolute Gasteiger partial charge is 0.220 e. The molecule has 1 atom stereocenters. The van der Waals surface area contributed by atoms with Crippen LogP contribution in [-0.2, 0) is 4.79 Å². The monoisotopic (exact) mass is 250 g/mol. The van der Waals surface area contributed by atoms with Gasteiger partial charge in [0.1, 0.15) is 0 Å². The molecule has 1 unspecified atom stereocenters. The molecular weight excluding hydrogens is 224 g/mol. The summed E-state index contributed by atoms with van der Waals surface area (Å²) in [5, 5.41) is 6.72. The molecule has 3 nitrogen and oxygen atoms in total. The highest BCUT2D eigenvalue weighted by Crippen LogP contribution is 2.48. The third-order valence-corrected chi connectivity index (χ3v) is 5.45. The molecule has 3 fully saturated rings. The van der Waals surface area contributed by atoms with Crippen LogP contribution in [0.3, 0.4) is 0 Å². The molecule has 3 aliphatic rings. The summed E-state index contributed by atoms with van der Waals surface area (Å²) in [6.45, 7) is 0.976. The van der Waals surface area contributed by atoms with E-state index in [1.54, 1.807) is 0 Å². The Morgan fingerprint density at radius 2 is 1.83 bits per heavy atom. The van der Waals surface area contributed by atoms with E-state index in [0.29, 0.717) is 12.1 Å². The minimum Gasteiger partial charge on any atom is -0.352 e. The van der Waals surface area contributed by atoms with Crippen LogP contribution in [0.5, 0.6) is 0 Å². The molecule has 1 saturated heterocycles. The van der Waals surface area contributed by atoms with Crippen molar-refractivity contribution in [2.75, 3.05) is 6.54 Å². The van der Waals surface area contributed by atoms with Gasteiger partial charge >= 0.3 is 0 Å². The highest BCUT2D eigenvalue weighted by atomic mass is 16.1. The zero-order valence-corrected chi connectivity index (χ0v) is 11.3. The van der Waals surface area contributed by atoms with Gasteiger partial charge in [-0.15, -0.1) is 0 Å². The molecule has 2 aliphatic carbocycles. The number of hydrogen-bond donors (Lipinski definition) is 2. The molecule has 18 heavy (non-hydrogen) atoms. The van der Waals surface area contributed by atoms with Crippen LogP contribution >= 0.6 is 0 Å². The summed E-state index contributed by atoms with van der Waals surface area (Å²) in [4.78, 5) is 11.1. The lowest BCUT2D eigenvalue weighted by Gasteiger charge is -2.38. The van der Waals surface area contributed by atoms with Crippen molar-refractivity contribution in [1.82, 2.24) is 10.6 Å². The van der Waals surface area contributed by atoms with Crippen LogP contribution in [0.15, 0.2) is 0 Å². The second kappa shape index (κ2) is 5.20. The summed E-state index contributed by atoms with van der Waals surface area (Å²) < 4.78 is 0. The zero-order chi connectivity index (χ0) is 12.4. The highest BCUT2D eigenvalue weighted by molar-refractivity contribution is 5.78. The van der Waals surface area contributed by atoms with Crippen LogP contribution in [-0.4, -0.2) is 24.5 Å². The molecule has 0 aromatic heterocycles. The van der Waals surface area contributed by atoms with Crippen LogP contribution in [0.1, 0.15) is 64.2 Å². The lowest BCUT2D eigenvalue weighted by atomic mass is 9.71. The molecule has 2 N–H and O–H groups in total. The molecule has 1 aliphatic heterocycles. The van der Waals surface area contributed by atoms with E-state index in [1.807, 2.05) is 0 Å². The van der Waals surface area contributed by atoms with Gasteiger partial charge in [0.05, 0.1) is 0 Å². The van der Waals surface area contributed by atoms with Crippen LogP contribution < -0.4 is 10.6 Å². The van der Waals surface area contributed by atoms with Gasteiger partial charge in [0, 0.05) is 25.0 Å². The SMILES string of the molecule is O=C1CCC(CNC2CCC3(CCCC3)CC2)N1. The summed E-state index contributed by atoms with van der Waals surface area (Å²) in [5.74, 6) is 0.232. The van der Waals surface area contributed by atoms with E-state index in [0.717, 1.165) is 24.8 Å². The van der Waals surface area contributed by atoms with E-state index in [1.165, 1.54) is 51.4 Å². The fraction of sp³-hybridized carbons (Fsp3) is 0.933. The van der Waals surface area contributed by atoms with Crippen molar-refractivity contribution >= 4 is 5.91 Å². The molecule has 1 heterocycles. The Kier molecular flexibility index (Phi) is 3.60. The summed E-state index contributed by atoms with van der Waals surface area (Å²) in [7, 11) is 0. The predicted octanol–water partition coefficient (Wildman–Crippen LogP) is 2.36. The summed E-state index contributed by atoms with van der Waals surface area (Å²) in [5.41, 5.74) is 0.736. The van der Waals surface area contributed by atoms with Gasteiger partial charge < -0.3 is 10.6 Å². The Hall–Kier alpha value is -0.570. The summed E-state index contributed by atoms with van der Waals surface area (Å²) in [6.07, 6.45) is 13.2. The number of nitrogens with one attached hydrogen (secondary N) is 2. The fourth-order valence-corrected chi connectivity index (χ4v) is 4.20. The molecular formula is C15H26N2O. The van der Waals surface area contributed by atoms with E-state index in [2.05, 4.69) is 10.6 Å². The highest BCUT2D eigenvalue weighted by Gasteiger charge is 2.37. The van der Waals surface area contributed by atoms with Crippen molar-refractivity contribution in [2.24, 2.45) is 5.41 Å². The maximum atomic E-state index is 11.1. The van der Waals surface area contributed by atoms with Crippen molar-refractivity contribution in [2.45, 2.75) is 76.3 Å². The van der Waals surface area contributed by atoms with Gasteiger partial charge in [-0.1, -0.05) is 12.8 Å². The molecule has 1 amide bonds. The Labute approximate surface area is 110 Å². The van der Waals surface area contributed by atoms with Crippen molar-refractivity contribution in [3.8, 4) is 0 Å². The standard InChI is InChI=1S/C15H26N2O/c18-14-4-3-13(17-14)11-16-12-5-9-15(10-6-12)7-1-2-8-15/h12-13,16H,1-11H2,(H,17,18). The minimum absolute atomic E-state index is 0.232. The second-order valence-corrected chi connectivity index (χ2v) is 6.69. The molecule has 3 heteroatoms. The molecule has 0 aromatic carbocycles. The number of rotatable bonds is 3. The zero-order valence-electron chi connectivity index (χ0n) is 11.3. The first-order chi connectivity index (χ1) is 8.76. The van der Waals surface area contributed by atoms with Gasteiger partial charge in [-0.25, -0.2) is 0 Å². The Morgan fingerprint density at radius 3 is 2.44 bits per heavy atom. The molecule has 3 rings (SSSR count).